The van der Waals surface area contributed by atoms with Gasteiger partial charge in [0, 0.05) is 100 Å². The number of para-hydroxylation sites is 6. The Morgan fingerprint density at radius 2 is 0.517 bits per heavy atom. The van der Waals surface area contributed by atoms with E-state index < -0.39 is 16.1 Å². The number of hydrogen-bond acceptors (Lipinski definition) is 8. The van der Waals surface area contributed by atoms with Crippen LogP contribution in [-0.4, -0.2) is 16.1 Å². The third kappa shape index (κ3) is 12.9. The number of anilines is 12. The zero-order valence-electron chi connectivity index (χ0n) is 70.4. The fraction of sp³-hybridized carbons (Fsp3) is 0.185. The summed E-state index contributed by atoms with van der Waals surface area (Å²) in [6, 6.07) is 114. The Morgan fingerprint density at radius 1 is 0.220 bits per heavy atom. The maximum atomic E-state index is 6.99. The van der Waals surface area contributed by atoms with E-state index in [2.05, 4.69) is 420 Å². The Bertz CT molecular complexity index is 6860. The second-order valence-electron chi connectivity index (χ2n) is 37.4. The lowest BCUT2D eigenvalue weighted by molar-refractivity contribution is 0.590. The monoisotopic (exact) mass is 1570 g/mol. The van der Waals surface area contributed by atoms with Gasteiger partial charge in [0.15, 0.2) is 11.2 Å². The van der Waals surface area contributed by atoms with Crippen molar-refractivity contribution in [2.24, 2.45) is 0 Å². The minimum atomic E-state index is -2.23. The second-order valence-corrected chi connectivity index (χ2v) is 46.0. The molecule has 0 bridgehead atoms. The predicted molar refractivity (Wildman–Crippen MR) is 505 cm³/mol. The summed E-state index contributed by atoms with van der Waals surface area (Å²) in [4.78, 5) is 9.45. The molecule has 118 heavy (non-hydrogen) atoms. The van der Waals surface area contributed by atoms with Crippen LogP contribution in [0.25, 0.3) is 88.5 Å². The van der Waals surface area contributed by atoms with Gasteiger partial charge in [0.1, 0.15) is 50.0 Å². The van der Waals surface area contributed by atoms with Gasteiger partial charge in [0.25, 0.3) is 0 Å². The van der Waals surface area contributed by atoms with Gasteiger partial charge in [0.05, 0.1) is 11.4 Å². The highest BCUT2D eigenvalue weighted by atomic mass is 28.3. The van der Waals surface area contributed by atoms with Crippen molar-refractivity contribution >= 4 is 171 Å². The average molecular weight is 1570 g/mol. The Labute approximate surface area is 694 Å². The molecule has 0 N–H and O–H groups in total. The van der Waals surface area contributed by atoms with Crippen LogP contribution < -0.4 is 40.3 Å². The molecule has 2 aliphatic rings. The molecule has 10 heteroatoms. The van der Waals surface area contributed by atoms with Gasteiger partial charge < -0.3 is 37.3 Å². The summed E-state index contributed by atoms with van der Waals surface area (Å²) in [7, 11) is -4.40. The molecule has 8 nitrogen and oxygen atoms in total. The van der Waals surface area contributed by atoms with Gasteiger partial charge in [-0.05, 0) is 222 Å². The molecule has 4 aromatic heterocycles. The largest absolute Gasteiger partial charge is 0.456 e. The topological polar surface area (TPSA) is 65.5 Å². The van der Waals surface area contributed by atoms with E-state index in [-0.39, 0.29) is 21.7 Å². The molecule has 0 spiro atoms. The van der Waals surface area contributed by atoms with Crippen LogP contribution in [0.4, 0.5) is 68.2 Å². The highest BCUT2D eigenvalue weighted by Crippen LogP contribution is 2.50. The number of nitrogens with zero attached hydrogens (tertiary/aromatic N) is 4. The Kier molecular flexibility index (Phi) is 17.9. The van der Waals surface area contributed by atoms with Gasteiger partial charge in [-0.1, -0.05) is 267 Å². The number of rotatable bonds is 12. The molecule has 2 aliphatic heterocycles. The minimum Gasteiger partial charge on any atom is -0.456 e. The van der Waals surface area contributed by atoms with Gasteiger partial charge in [-0.2, -0.15) is 0 Å². The summed E-state index contributed by atoms with van der Waals surface area (Å²) in [5.41, 5.74) is 26.2. The third-order valence-corrected chi connectivity index (χ3v) is 31.7. The Balaban J connectivity index is 0.000000157. The first kappa shape index (κ1) is 75.4. The third-order valence-electron chi connectivity index (χ3n) is 24.7. The first-order valence-electron chi connectivity index (χ1n) is 41.5. The molecular formula is C108H100N4O4Si2. The highest BCUT2D eigenvalue weighted by molar-refractivity contribution is 7.05. The molecule has 0 unspecified atom stereocenters. The summed E-state index contributed by atoms with van der Waals surface area (Å²) >= 11 is 0. The van der Waals surface area contributed by atoms with E-state index in [1.807, 2.05) is 24.3 Å². The van der Waals surface area contributed by atoms with E-state index in [1.54, 1.807) is 0 Å². The lowest BCUT2D eigenvalue weighted by Crippen LogP contribution is -2.49. The van der Waals surface area contributed by atoms with Crippen molar-refractivity contribution in [2.75, 3.05) is 19.6 Å². The van der Waals surface area contributed by atoms with Gasteiger partial charge in [-0.15, -0.1) is 0 Å². The van der Waals surface area contributed by atoms with E-state index in [4.69, 9.17) is 17.7 Å². The van der Waals surface area contributed by atoms with Gasteiger partial charge in [-0.25, -0.2) is 0 Å². The van der Waals surface area contributed by atoms with Crippen LogP contribution >= 0.6 is 0 Å². The molecule has 0 saturated carbocycles. The fourth-order valence-corrected chi connectivity index (χ4v) is 24.8. The zero-order chi connectivity index (χ0) is 81.7. The fourth-order valence-electron chi connectivity index (χ4n) is 18.3. The molecule has 0 amide bonds. The maximum absolute atomic E-state index is 6.99. The van der Waals surface area contributed by atoms with Crippen LogP contribution in [0.5, 0.6) is 0 Å². The summed E-state index contributed by atoms with van der Waals surface area (Å²) in [6.07, 6.45) is 0. The predicted octanol–water partition coefficient (Wildman–Crippen LogP) is 29.3. The van der Waals surface area contributed by atoms with E-state index in [1.165, 1.54) is 54.0 Å². The molecule has 0 saturated heterocycles. The van der Waals surface area contributed by atoms with Crippen LogP contribution in [0.15, 0.2) is 333 Å². The summed E-state index contributed by atoms with van der Waals surface area (Å²) < 4.78 is 27.1. The van der Waals surface area contributed by atoms with Crippen molar-refractivity contribution in [3.8, 4) is 22.6 Å². The first-order valence-corrected chi connectivity index (χ1v) is 47.5. The molecule has 0 radical (unpaired) electrons. The second kappa shape index (κ2) is 28.1. The number of fused-ring (bicyclic) bond motifs is 16. The molecule has 6 heterocycles. The van der Waals surface area contributed by atoms with Crippen molar-refractivity contribution in [3.63, 3.8) is 0 Å². The van der Waals surface area contributed by atoms with Crippen molar-refractivity contribution < 1.29 is 17.7 Å². The Morgan fingerprint density at radius 3 is 0.924 bits per heavy atom. The quantitative estimate of drug-likeness (QED) is 0.112. The molecule has 584 valence electrons. The number of furan rings is 4. The van der Waals surface area contributed by atoms with Crippen molar-refractivity contribution in [1.82, 2.24) is 0 Å². The smallest absolute Gasteiger partial charge is 0.159 e. The molecule has 20 rings (SSSR count). The first-order chi connectivity index (χ1) is 56.5. The molecular weight excluding hydrogens is 1470 g/mol. The summed E-state index contributed by atoms with van der Waals surface area (Å²) in [5, 5.41) is 12.3. The van der Waals surface area contributed by atoms with Gasteiger partial charge in [-0.3, -0.25) is 0 Å². The standard InChI is InChI=1S/C56H64N2OSi.C52H36N2O3Si/c1-53(2,3)37-18-24-41(25-19-37)57(42-26-20-38(21-27-42)54(4,5)6)45-30-32-49-47(35-45)52-51(59-49)48-36-46(31-33-50(48)60(52,13)14)58(43-28-22-39(23-29-43)55(7,8)9)44-17-15-16-40(34-44)56(10,11)12;1-58(2)48-30-28-36(54(34-17-7-4-8-18-34)44-24-14-22-40-38-20-10-12-26-46(38)56-50(40)44)32-42(48)51-52(58)41-31-35(27-29-47(41)57-51)53(33-15-5-3-6-16-33)43-23-13-21-39-37-19-9-11-25-45(37)55-49(39)43/h15-36H,1-14H3;3-32H,1-2H3. The lowest BCUT2D eigenvalue weighted by Gasteiger charge is -2.29. The molecule has 0 aliphatic carbocycles. The highest BCUT2D eigenvalue weighted by Gasteiger charge is 2.45. The van der Waals surface area contributed by atoms with E-state index in [0.29, 0.717) is 0 Å². The molecule has 18 aromatic rings. The normalized spacial score (nSPS) is 13.6. The van der Waals surface area contributed by atoms with Crippen LogP contribution in [-0.2, 0) is 21.7 Å². The zero-order valence-corrected chi connectivity index (χ0v) is 72.4. The van der Waals surface area contributed by atoms with Crippen LogP contribution in [0.2, 0.25) is 26.2 Å². The van der Waals surface area contributed by atoms with Crippen molar-refractivity contribution in [2.45, 2.75) is 131 Å². The Hall–Kier alpha value is -12.6. The van der Waals surface area contributed by atoms with Crippen LogP contribution in [0, 0.1) is 0 Å². The minimum absolute atomic E-state index is 0.0225. The van der Waals surface area contributed by atoms with E-state index in [9.17, 15) is 0 Å². The van der Waals surface area contributed by atoms with Crippen LogP contribution in [0.3, 0.4) is 0 Å². The maximum Gasteiger partial charge on any atom is 0.159 e. The number of hydrogen-bond donors (Lipinski definition) is 0. The van der Waals surface area contributed by atoms with Crippen LogP contribution in [0.1, 0.15) is 105 Å². The van der Waals surface area contributed by atoms with Gasteiger partial charge >= 0.3 is 0 Å². The molecule has 0 atom stereocenters. The average Bonchev–Trinajstić information content (AvgIpc) is 1.55. The summed E-state index contributed by atoms with van der Waals surface area (Å²) in [5.74, 6) is 2.00. The summed E-state index contributed by atoms with van der Waals surface area (Å²) in [6.45, 7) is 37.2. The molecule has 0 fully saturated rings. The van der Waals surface area contributed by atoms with E-state index in [0.717, 1.165) is 146 Å². The van der Waals surface area contributed by atoms with Crippen molar-refractivity contribution in [1.29, 1.82) is 0 Å². The lowest BCUT2D eigenvalue weighted by atomic mass is 9.86. The van der Waals surface area contributed by atoms with Gasteiger partial charge in [0.2, 0.25) is 0 Å². The van der Waals surface area contributed by atoms with E-state index >= 15 is 0 Å². The molecule has 14 aromatic carbocycles. The SMILES string of the molecule is CC(C)(C)c1ccc(N(c2cccc(C(C)(C)C)c2)c2ccc3c(c2)-c2oc4ccc(N(c5ccc(C(C)(C)C)cc5)c5ccc(C(C)(C)C)cc5)cc4c2[Si]3(C)C)cc1.C[Si]1(C)c2ccc(N(c3ccccc3)c3cccc4c3oc3ccccc34)cc2-c2oc3ccc(N(c4ccccc4)c4cccc5c4oc4ccccc45)cc3c21. The van der Waals surface area contributed by atoms with Crippen molar-refractivity contribution in [3.05, 3.63) is 338 Å². The number of benzene rings is 14.